The summed E-state index contributed by atoms with van der Waals surface area (Å²) in [5, 5.41) is 8.83. The summed E-state index contributed by atoms with van der Waals surface area (Å²) >= 11 is 4.85. The van der Waals surface area contributed by atoms with Crippen LogP contribution in [0.4, 0.5) is 0 Å². The fourth-order valence-electron chi connectivity index (χ4n) is 1.78. The maximum absolute atomic E-state index is 12.1. The van der Waals surface area contributed by atoms with E-state index >= 15 is 0 Å². The van der Waals surface area contributed by atoms with Gasteiger partial charge in [-0.05, 0) is 32.6 Å². The highest BCUT2D eigenvalue weighted by Gasteiger charge is 2.31. The van der Waals surface area contributed by atoms with Gasteiger partial charge >= 0.3 is 0 Å². The Morgan fingerprint density at radius 2 is 2.25 bits per heavy atom. The summed E-state index contributed by atoms with van der Waals surface area (Å²) in [4.78, 5) is 14.2. The molecule has 1 aliphatic carbocycles. The average molecular weight is 244 g/mol. The highest BCUT2D eigenvalue weighted by Crippen LogP contribution is 2.26. The molecular weight excluding hydrogens is 224 g/mol. The minimum Gasteiger partial charge on any atom is -0.396 e. The predicted octanol–water partition coefficient (Wildman–Crippen LogP) is 0.672. The third-order valence-electron chi connectivity index (χ3n) is 3.15. The van der Waals surface area contributed by atoms with Crippen molar-refractivity contribution < 1.29 is 9.90 Å². The van der Waals surface area contributed by atoms with Gasteiger partial charge in [-0.3, -0.25) is 4.79 Å². The largest absolute Gasteiger partial charge is 0.396 e. The van der Waals surface area contributed by atoms with Crippen LogP contribution in [-0.4, -0.2) is 40.1 Å². The van der Waals surface area contributed by atoms with Crippen molar-refractivity contribution >= 4 is 23.1 Å². The lowest BCUT2D eigenvalue weighted by Crippen LogP contribution is -2.49. The molecule has 0 bridgehead atoms. The average Bonchev–Trinajstić information content (AvgIpc) is 2.18. The number of amides is 1. The number of carbonyl (C=O) groups excluding carboxylic acids is 1. The van der Waals surface area contributed by atoms with Crippen molar-refractivity contribution in [1.82, 2.24) is 4.90 Å². The molecule has 0 spiro atoms. The van der Waals surface area contributed by atoms with Crippen LogP contribution >= 0.6 is 12.2 Å². The smallest absolute Gasteiger partial charge is 0.232 e. The summed E-state index contributed by atoms with van der Waals surface area (Å²) in [7, 11) is 0. The van der Waals surface area contributed by atoms with E-state index < -0.39 is 5.92 Å². The van der Waals surface area contributed by atoms with E-state index in [1.54, 1.807) is 6.92 Å². The van der Waals surface area contributed by atoms with Crippen molar-refractivity contribution in [2.24, 2.45) is 11.7 Å². The Labute approximate surface area is 102 Å². The quantitative estimate of drug-likeness (QED) is 0.674. The van der Waals surface area contributed by atoms with Crippen molar-refractivity contribution in [1.29, 1.82) is 0 Å². The standard InChI is InChI=1S/C11H20N2O2S/c1-8(10(12)16)11(15)13(6-3-7-14)9-4-2-5-9/h8-9,14H,2-7H2,1H3,(H2,12,16). The zero-order chi connectivity index (χ0) is 12.1. The maximum Gasteiger partial charge on any atom is 0.232 e. The summed E-state index contributed by atoms with van der Waals surface area (Å²) in [6, 6.07) is 0.329. The molecule has 0 heterocycles. The molecule has 0 aliphatic heterocycles. The molecule has 1 rings (SSSR count). The number of rotatable bonds is 6. The van der Waals surface area contributed by atoms with E-state index in [1.807, 2.05) is 4.90 Å². The lowest BCUT2D eigenvalue weighted by Gasteiger charge is -2.38. The number of carbonyl (C=O) groups is 1. The third-order valence-corrected chi connectivity index (χ3v) is 3.51. The number of aliphatic hydroxyl groups excluding tert-OH is 1. The Hall–Kier alpha value is -0.680. The third kappa shape index (κ3) is 3.15. The van der Waals surface area contributed by atoms with Crippen molar-refractivity contribution in [3.05, 3.63) is 0 Å². The van der Waals surface area contributed by atoms with Crippen LogP contribution in [0, 0.1) is 5.92 Å². The van der Waals surface area contributed by atoms with Crippen LogP contribution < -0.4 is 5.73 Å². The van der Waals surface area contributed by atoms with Crippen molar-refractivity contribution in [3.8, 4) is 0 Å². The summed E-state index contributed by atoms with van der Waals surface area (Å²) in [5.74, 6) is -0.389. The van der Waals surface area contributed by atoms with Gasteiger partial charge in [0.1, 0.15) is 0 Å². The van der Waals surface area contributed by atoms with E-state index in [9.17, 15) is 4.79 Å². The van der Waals surface area contributed by atoms with Crippen molar-refractivity contribution in [2.75, 3.05) is 13.2 Å². The van der Waals surface area contributed by atoms with E-state index in [0.29, 0.717) is 19.0 Å². The van der Waals surface area contributed by atoms with Crippen LogP contribution in [-0.2, 0) is 4.79 Å². The zero-order valence-corrected chi connectivity index (χ0v) is 10.5. The second kappa shape index (κ2) is 6.15. The fraction of sp³-hybridized carbons (Fsp3) is 0.818. The molecule has 16 heavy (non-hydrogen) atoms. The van der Waals surface area contributed by atoms with Gasteiger partial charge in [-0.25, -0.2) is 0 Å². The first-order chi connectivity index (χ1) is 7.57. The number of hydrogen-bond donors (Lipinski definition) is 2. The highest BCUT2D eigenvalue weighted by atomic mass is 32.1. The van der Waals surface area contributed by atoms with Crippen LogP contribution in [0.1, 0.15) is 32.6 Å². The molecule has 4 nitrogen and oxygen atoms in total. The molecule has 0 aromatic rings. The Kier molecular flexibility index (Phi) is 5.15. The predicted molar refractivity (Wildman–Crippen MR) is 67.0 cm³/mol. The van der Waals surface area contributed by atoms with Gasteiger partial charge in [0.25, 0.3) is 0 Å². The minimum atomic E-state index is -0.394. The van der Waals surface area contributed by atoms with Crippen molar-refractivity contribution in [2.45, 2.75) is 38.6 Å². The number of nitrogens with zero attached hydrogens (tertiary/aromatic N) is 1. The lowest BCUT2D eigenvalue weighted by atomic mass is 9.90. The van der Waals surface area contributed by atoms with Crippen LogP contribution in [0.15, 0.2) is 0 Å². The van der Waals surface area contributed by atoms with E-state index in [-0.39, 0.29) is 17.5 Å². The first kappa shape index (κ1) is 13.4. The molecule has 1 fully saturated rings. The molecule has 5 heteroatoms. The number of hydrogen-bond acceptors (Lipinski definition) is 3. The van der Waals surface area contributed by atoms with Gasteiger partial charge in [-0.2, -0.15) is 0 Å². The molecule has 1 saturated carbocycles. The van der Waals surface area contributed by atoms with Gasteiger partial charge < -0.3 is 15.7 Å². The van der Waals surface area contributed by atoms with Gasteiger partial charge in [-0.15, -0.1) is 0 Å². The summed E-state index contributed by atoms with van der Waals surface area (Å²) in [5.41, 5.74) is 5.50. The summed E-state index contributed by atoms with van der Waals surface area (Å²) in [6.45, 7) is 2.46. The van der Waals surface area contributed by atoms with Gasteiger partial charge in [0, 0.05) is 19.2 Å². The normalized spacial score (nSPS) is 17.6. The van der Waals surface area contributed by atoms with Crippen LogP contribution in [0.5, 0.6) is 0 Å². The summed E-state index contributed by atoms with van der Waals surface area (Å²) in [6.07, 6.45) is 3.91. The first-order valence-corrected chi connectivity index (χ1v) is 6.19. The first-order valence-electron chi connectivity index (χ1n) is 5.78. The monoisotopic (exact) mass is 244 g/mol. The van der Waals surface area contributed by atoms with Crippen LogP contribution in [0.2, 0.25) is 0 Å². The molecular formula is C11H20N2O2S. The van der Waals surface area contributed by atoms with Crippen LogP contribution in [0.3, 0.4) is 0 Å². The van der Waals surface area contributed by atoms with Crippen molar-refractivity contribution in [3.63, 3.8) is 0 Å². The molecule has 92 valence electrons. The van der Waals surface area contributed by atoms with E-state index in [1.165, 1.54) is 6.42 Å². The Bertz CT molecular complexity index is 267. The maximum atomic E-state index is 12.1. The van der Waals surface area contributed by atoms with Gasteiger partial charge in [0.05, 0.1) is 10.9 Å². The number of nitrogens with two attached hydrogens (primary N) is 1. The molecule has 0 radical (unpaired) electrons. The second-order valence-electron chi connectivity index (χ2n) is 4.32. The van der Waals surface area contributed by atoms with E-state index in [0.717, 1.165) is 12.8 Å². The molecule has 1 unspecified atom stereocenters. The number of aliphatic hydroxyl groups is 1. The summed E-state index contributed by atoms with van der Waals surface area (Å²) < 4.78 is 0. The molecule has 1 amide bonds. The SMILES string of the molecule is CC(C(=O)N(CCCO)C1CCC1)C(N)=S. The molecule has 1 atom stereocenters. The molecule has 0 aromatic carbocycles. The molecule has 3 N–H and O–H groups in total. The van der Waals surface area contributed by atoms with E-state index in [4.69, 9.17) is 23.1 Å². The van der Waals surface area contributed by atoms with Gasteiger partial charge in [-0.1, -0.05) is 12.2 Å². The Morgan fingerprint density at radius 1 is 1.62 bits per heavy atom. The molecule has 1 aliphatic rings. The minimum absolute atomic E-state index is 0.00523. The van der Waals surface area contributed by atoms with Gasteiger partial charge in [0.2, 0.25) is 5.91 Å². The lowest BCUT2D eigenvalue weighted by molar-refractivity contribution is -0.137. The topological polar surface area (TPSA) is 66.6 Å². The van der Waals surface area contributed by atoms with E-state index in [2.05, 4.69) is 0 Å². The second-order valence-corrected chi connectivity index (χ2v) is 4.79. The molecule has 0 aromatic heterocycles. The number of thiocarbonyl (C=S) groups is 1. The fourth-order valence-corrected chi connectivity index (χ4v) is 1.88. The highest BCUT2D eigenvalue weighted by molar-refractivity contribution is 7.80. The molecule has 0 saturated heterocycles. The van der Waals surface area contributed by atoms with Gasteiger partial charge in [0.15, 0.2) is 0 Å². The zero-order valence-electron chi connectivity index (χ0n) is 9.69. The Balaban J connectivity index is 2.59. The van der Waals surface area contributed by atoms with Crippen LogP contribution in [0.25, 0.3) is 0 Å². The Morgan fingerprint density at radius 3 is 2.62 bits per heavy atom.